The van der Waals surface area contributed by atoms with E-state index in [2.05, 4.69) is 9.55 Å². The van der Waals surface area contributed by atoms with E-state index >= 15 is 0 Å². The molecule has 1 atom stereocenters. The Bertz CT molecular complexity index is 1010. The van der Waals surface area contributed by atoms with E-state index in [1.807, 2.05) is 78.9 Å². The van der Waals surface area contributed by atoms with Crippen molar-refractivity contribution >= 4 is 22.6 Å². The molecule has 0 bridgehead atoms. The molecule has 3 aromatic carbocycles. The molecule has 0 aliphatic rings. The normalized spacial score (nSPS) is 12.4. The number of nitrogens with zero attached hydrogens (tertiary/aromatic N) is 2. The lowest BCUT2D eigenvalue weighted by molar-refractivity contribution is 0.206. The molecular weight excluding hydrogens is 332 g/mol. The van der Waals surface area contributed by atoms with Gasteiger partial charge in [0.2, 0.25) is 0 Å². The van der Waals surface area contributed by atoms with Crippen molar-refractivity contribution < 1.29 is 5.11 Å². The highest BCUT2D eigenvalue weighted by atomic mass is 35.5. The van der Waals surface area contributed by atoms with Crippen LogP contribution < -0.4 is 0 Å². The minimum atomic E-state index is -0.784. The predicted octanol–water partition coefficient (Wildman–Crippen LogP) is 4.82. The Balaban J connectivity index is 1.83. The Hall–Kier alpha value is -2.62. The average Bonchev–Trinajstić information content (AvgIpc) is 3.00. The van der Waals surface area contributed by atoms with Crippen LogP contribution in [0.1, 0.15) is 23.1 Å². The lowest BCUT2D eigenvalue weighted by Crippen LogP contribution is -2.11. The largest absolute Gasteiger partial charge is 0.380 e. The molecule has 0 fully saturated rings. The maximum absolute atomic E-state index is 10.9. The molecule has 0 aliphatic carbocycles. The summed E-state index contributed by atoms with van der Waals surface area (Å²) in [5.41, 5.74) is 3.75. The maximum Gasteiger partial charge on any atom is 0.143 e. The summed E-state index contributed by atoms with van der Waals surface area (Å²) in [6.07, 6.45) is -0.784. The summed E-state index contributed by atoms with van der Waals surface area (Å²) in [7, 11) is 0. The number of para-hydroxylation sites is 2. The Morgan fingerprint density at radius 2 is 1.68 bits per heavy atom. The summed E-state index contributed by atoms with van der Waals surface area (Å²) < 4.78 is 2.05. The van der Waals surface area contributed by atoms with Gasteiger partial charge in [-0.05, 0) is 35.4 Å². The number of rotatable bonds is 4. The molecule has 1 heterocycles. The highest BCUT2D eigenvalue weighted by Crippen LogP contribution is 2.27. The van der Waals surface area contributed by atoms with Crippen molar-refractivity contribution in [3.05, 3.63) is 101 Å². The Morgan fingerprint density at radius 1 is 0.920 bits per heavy atom. The highest BCUT2D eigenvalue weighted by Gasteiger charge is 2.19. The van der Waals surface area contributed by atoms with Crippen LogP contribution in [0.15, 0.2) is 78.9 Å². The molecule has 0 spiro atoms. The summed E-state index contributed by atoms with van der Waals surface area (Å²) in [6.45, 7) is 0.598. The second kappa shape index (κ2) is 6.71. The molecule has 1 N–H and O–H groups in total. The van der Waals surface area contributed by atoms with Crippen molar-refractivity contribution in [2.45, 2.75) is 12.6 Å². The zero-order chi connectivity index (χ0) is 17.2. The molecule has 4 heteroatoms. The summed E-state index contributed by atoms with van der Waals surface area (Å²) in [5.74, 6) is 0.632. The number of imidazole rings is 1. The first-order valence-corrected chi connectivity index (χ1v) is 8.53. The van der Waals surface area contributed by atoms with Gasteiger partial charge in [-0.15, -0.1) is 0 Å². The molecule has 0 radical (unpaired) electrons. The van der Waals surface area contributed by atoms with Crippen molar-refractivity contribution in [2.24, 2.45) is 0 Å². The number of halogens is 1. The summed E-state index contributed by atoms with van der Waals surface area (Å²) >= 11 is 6.13. The third kappa shape index (κ3) is 3.16. The van der Waals surface area contributed by atoms with Crippen molar-refractivity contribution in [1.29, 1.82) is 0 Å². The number of aromatic nitrogens is 2. The third-order valence-corrected chi connectivity index (χ3v) is 4.51. The summed E-state index contributed by atoms with van der Waals surface area (Å²) in [5, 5.41) is 11.6. The van der Waals surface area contributed by atoms with E-state index in [0.717, 1.165) is 22.2 Å². The van der Waals surface area contributed by atoms with E-state index in [1.54, 1.807) is 0 Å². The topological polar surface area (TPSA) is 38.1 Å². The van der Waals surface area contributed by atoms with Gasteiger partial charge in [-0.2, -0.15) is 0 Å². The lowest BCUT2D eigenvalue weighted by Gasteiger charge is -2.14. The number of aliphatic hydroxyl groups excluding tert-OH is 1. The van der Waals surface area contributed by atoms with Crippen molar-refractivity contribution in [2.75, 3.05) is 0 Å². The monoisotopic (exact) mass is 348 g/mol. The molecule has 0 aliphatic heterocycles. The van der Waals surface area contributed by atoms with Gasteiger partial charge in [0.25, 0.3) is 0 Å². The summed E-state index contributed by atoms with van der Waals surface area (Å²) in [4.78, 5) is 4.69. The van der Waals surface area contributed by atoms with Crippen molar-refractivity contribution in [3.63, 3.8) is 0 Å². The smallest absolute Gasteiger partial charge is 0.143 e. The van der Waals surface area contributed by atoms with Gasteiger partial charge < -0.3 is 9.67 Å². The highest BCUT2D eigenvalue weighted by molar-refractivity contribution is 6.30. The molecule has 4 aromatic rings. The fourth-order valence-electron chi connectivity index (χ4n) is 3.07. The van der Waals surface area contributed by atoms with E-state index in [-0.39, 0.29) is 0 Å². The summed E-state index contributed by atoms with van der Waals surface area (Å²) in [6, 6.07) is 25.3. The Kier molecular flexibility index (Phi) is 4.26. The number of hydrogen-bond acceptors (Lipinski definition) is 2. The van der Waals surface area contributed by atoms with Gasteiger partial charge in [-0.25, -0.2) is 4.98 Å². The molecule has 3 nitrogen and oxygen atoms in total. The second-order valence-electron chi connectivity index (χ2n) is 5.99. The number of hydrogen-bond donors (Lipinski definition) is 1. The van der Waals surface area contributed by atoms with Gasteiger partial charge in [0.05, 0.1) is 11.0 Å². The lowest BCUT2D eigenvalue weighted by atomic mass is 10.1. The van der Waals surface area contributed by atoms with E-state index < -0.39 is 6.10 Å². The van der Waals surface area contributed by atoms with Crippen LogP contribution in [0.2, 0.25) is 5.02 Å². The minimum absolute atomic E-state index is 0.598. The van der Waals surface area contributed by atoms with E-state index in [1.165, 1.54) is 0 Å². The van der Waals surface area contributed by atoms with Gasteiger partial charge in [-0.3, -0.25) is 0 Å². The van der Waals surface area contributed by atoms with Crippen molar-refractivity contribution in [1.82, 2.24) is 9.55 Å². The first-order valence-electron chi connectivity index (χ1n) is 8.15. The van der Waals surface area contributed by atoms with Crippen LogP contribution >= 0.6 is 11.6 Å². The maximum atomic E-state index is 10.9. The molecule has 0 saturated carbocycles. The van der Waals surface area contributed by atoms with E-state index in [9.17, 15) is 5.11 Å². The van der Waals surface area contributed by atoms with Gasteiger partial charge in [0.15, 0.2) is 0 Å². The second-order valence-corrected chi connectivity index (χ2v) is 6.42. The van der Waals surface area contributed by atoms with Gasteiger partial charge in [-0.1, -0.05) is 66.2 Å². The zero-order valence-corrected chi connectivity index (χ0v) is 14.3. The molecular formula is C21H17ClN2O. The van der Waals surface area contributed by atoms with E-state index in [4.69, 9.17) is 11.6 Å². The van der Waals surface area contributed by atoms with Crippen LogP contribution in [0, 0.1) is 0 Å². The number of fused-ring (bicyclic) bond motifs is 1. The van der Waals surface area contributed by atoms with E-state index in [0.29, 0.717) is 17.4 Å². The fraction of sp³-hybridized carbons (Fsp3) is 0.0952. The van der Waals surface area contributed by atoms with Crippen molar-refractivity contribution in [3.8, 4) is 0 Å². The Morgan fingerprint density at radius 3 is 2.48 bits per heavy atom. The number of benzene rings is 3. The zero-order valence-electron chi connectivity index (χ0n) is 13.5. The molecule has 0 saturated heterocycles. The van der Waals surface area contributed by atoms with Crippen LogP contribution in [0.4, 0.5) is 0 Å². The van der Waals surface area contributed by atoms with Crippen LogP contribution in [-0.4, -0.2) is 14.7 Å². The minimum Gasteiger partial charge on any atom is -0.380 e. The van der Waals surface area contributed by atoms with Crippen LogP contribution in [0.3, 0.4) is 0 Å². The first kappa shape index (κ1) is 15.9. The molecule has 0 unspecified atom stereocenters. The average molecular weight is 349 g/mol. The fourth-order valence-corrected chi connectivity index (χ4v) is 3.28. The van der Waals surface area contributed by atoms with Crippen LogP contribution in [0.5, 0.6) is 0 Å². The standard InChI is InChI=1S/C21H17ClN2O/c22-17-10-6-7-15(13-17)14-24-19-12-5-4-11-18(19)23-21(24)20(25)16-8-2-1-3-9-16/h1-13,20,25H,14H2/t20-/m1/s1. The quantitative estimate of drug-likeness (QED) is 0.574. The third-order valence-electron chi connectivity index (χ3n) is 4.27. The van der Waals surface area contributed by atoms with Gasteiger partial charge in [0, 0.05) is 11.6 Å². The SMILES string of the molecule is O[C@H](c1ccccc1)c1nc2ccccc2n1Cc1cccc(Cl)c1. The molecule has 1 aromatic heterocycles. The molecule has 25 heavy (non-hydrogen) atoms. The molecule has 124 valence electrons. The number of aliphatic hydroxyl groups is 1. The van der Waals surface area contributed by atoms with Gasteiger partial charge >= 0.3 is 0 Å². The molecule has 4 rings (SSSR count). The molecule has 0 amide bonds. The van der Waals surface area contributed by atoms with Gasteiger partial charge in [0.1, 0.15) is 11.9 Å². The first-order chi connectivity index (χ1) is 12.2. The van der Waals surface area contributed by atoms with Crippen LogP contribution in [-0.2, 0) is 6.54 Å². The Labute approximate surface area is 151 Å². The predicted molar refractivity (Wildman–Crippen MR) is 101 cm³/mol. The van der Waals surface area contributed by atoms with Crippen LogP contribution in [0.25, 0.3) is 11.0 Å².